The van der Waals surface area contributed by atoms with E-state index >= 15 is 0 Å². The van der Waals surface area contributed by atoms with E-state index < -0.39 is 0 Å². The van der Waals surface area contributed by atoms with Crippen LogP contribution in [0.25, 0.3) is 0 Å². The number of hydrogen-bond acceptors (Lipinski definition) is 2. The van der Waals surface area contributed by atoms with E-state index in [9.17, 15) is 4.79 Å². The Hall–Kier alpha value is -1.61. The van der Waals surface area contributed by atoms with Crippen molar-refractivity contribution in [1.82, 2.24) is 0 Å². The molecule has 76 valence electrons. The molecule has 0 spiro atoms. The van der Waals surface area contributed by atoms with Gasteiger partial charge in [-0.3, -0.25) is 4.79 Å². The van der Waals surface area contributed by atoms with Crippen LogP contribution in [0.3, 0.4) is 0 Å². The molecule has 0 fully saturated rings. The average Bonchev–Trinajstić information content (AvgIpc) is 2.66. The second-order valence-electron chi connectivity index (χ2n) is 3.31. The van der Waals surface area contributed by atoms with Crippen LogP contribution in [-0.2, 0) is 0 Å². The molecule has 0 radical (unpaired) electrons. The summed E-state index contributed by atoms with van der Waals surface area (Å²) in [5, 5.41) is 4.82. The summed E-state index contributed by atoms with van der Waals surface area (Å²) in [6.07, 6.45) is 0. The van der Waals surface area contributed by atoms with Crippen LogP contribution in [-0.4, -0.2) is 5.91 Å². The SMILES string of the molecule is Cc1csc(C(=O)Nc2ccccc2)c1. The average molecular weight is 217 g/mol. The van der Waals surface area contributed by atoms with Crippen molar-refractivity contribution in [2.45, 2.75) is 6.92 Å². The number of aryl methyl sites for hydroxylation is 1. The third-order valence-electron chi connectivity index (χ3n) is 1.99. The molecular formula is C12H11NOS. The van der Waals surface area contributed by atoms with E-state index in [1.54, 1.807) is 0 Å². The number of nitrogens with one attached hydrogen (secondary N) is 1. The number of hydrogen-bond donors (Lipinski definition) is 1. The number of anilines is 1. The minimum Gasteiger partial charge on any atom is -0.321 e. The lowest BCUT2D eigenvalue weighted by molar-refractivity contribution is 0.103. The molecule has 1 heterocycles. The highest BCUT2D eigenvalue weighted by Crippen LogP contribution is 2.15. The van der Waals surface area contributed by atoms with Crippen molar-refractivity contribution in [1.29, 1.82) is 0 Å². The van der Waals surface area contributed by atoms with Crippen molar-refractivity contribution in [3.05, 3.63) is 52.2 Å². The van der Waals surface area contributed by atoms with Crippen LogP contribution in [0.4, 0.5) is 5.69 Å². The molecule has 2 aromatic rings. The number of carbonyl (C=O) groups excluding carboxylic acids is 1. The largest absolute Gasteiger partial charge is 0.321 e. The predicted molar refractivity (Wildman–Crippen MR) is 63.5 cm³/mol. The van der Waals surface area contributed by atoms with Crippen LogP contribution in [0.1, 0.15) is 15.2 Å². The highest BCUT2D eigenvalue weighted by molar-refractivity contribution is 7.12. The number of benzene rings is 1. The fraction of sp³-hybridized carbons (Fsp3) is 0.0833. The standard InChI is InChI=1S/C12H11NOS/c1-9-7-11(15-8-9)12(14)13-10-5-3-2-4-6-10/h2-8H,1H3,(H,13,14). The zero-order valence-corrected chi connectivity index (χ0v) is 9.17. The van der Waals surface area contributed by atoms with Crippen molar-refractivity contribution in [2.75, 3.05) is 5.32 Å². The van der Waals surface area contributed by atoms with Gasteiger partial charge in [-0.15, -0.1) is 11.3 Å². The van der Waals surface area contributed by atoms with Crippen LogP contribution in [0.15, 0.2) is 41.8 Å². The normalized spacial score (nSPS) is 9.93. The maximum Gasteiger partial charge on any atom is 0.265 e. The molecule has 0 unspecified atom stereocenters. The molecular weight excluding hydrogens is 206 g/mol. The van der Waals surface area contributed by atoms with Gasteiger partial charge >= 0.3 is 0 Å². The van der Waals surface area contributed by atoms with Gasteiger partial charge in [-0.05, 0) is 36.1 Å². The van der Waals surface area contributed by atoms with Crippen molar-refractivity contribution in [3.63, 3.8) is 0 Å². The Morgan fingerprint density at radius 3 is 2.60 bits per heavy atom. The lowest BCUT2D eigenvalue weighted by Gasteiger charge is -2.01. The van der Waals surface area contributed by atoms with Gasteiger partial charge in [0.1, 0.15) is 0 Å². The number of rotatable bonds is 2. The second kappa shape index (κ2) is 4.28. The Labute approximate surface area is 92.6 Å². The highest BCUT2D eigenvalue weighted by Gasteiger charge is 2.07. The summed E-state index contributed by atoms with van der Waals surface area (Å²) in [6.45, 7) is 1.98. The summed E-state index contributed by atoms with van der Waals surface area (Å²) < 4.78 is 0. The van der Waals surface area contributed by atoms with Crippen molar-refractivity contribution in [3.8, 4) is 0 Å². The Morgan fingerprint density at radius 1 is 1.27 bits per heavy atom. The van der Waals surface area contributed by atoms with E-state index in [0.29, 0.717) is 0 Å². The third kappa shape index (κ3) is 2.44. The fourth-order valence-corrected chi connectivity index (χ4v) is 2.06. The quantitative estimate of drug-likeness (QED) is 0.821. The molecule has 3 heteroatoms. The molecule has 2 nitrogen and oxygen atoms in total. The van der Waals surface area contributed by atoms with Crippen LogP contribution >= 0.6 is 11.3 Å². The van der Waals surface area contributed by atoms with Crippen LogP contribution in [0.5, 0.6) is 0 Å². The first-order valence-corrected chi connectivity index (χ1v) is 5.55. The summed E-state index contributed by atoms with van der Waals surface area (Å²) in [4.78, 5) is 12.5. The number of amides is 1. The smallest absolute Gasteiger partial charge is 0.265 e. The molecule has 1 N–H and O–H groups in total. The molecule has 0 aliphatic heterocycles. The Bertz CT molecular complexity index is 461. The zero-order chi connectivity index (χ0) is 10.7. The van der Waals surface area contributed by atoms with E-state index in [-0.39, 0.29) is 5.91 Å². The number of thiophene rings is 1. The predicted octanol–water partition coefficient (Wildman–Crippen LogP) is 3.31. The lowest BCUT2D eigenvalue weighted by atomic mass is 10.3. The topological polar surface area (TPSA) is 29.1 Å². The maximum absolute atomic E-state index is 11.7. The van der Waals surface area contributed by atoms with Gasteiger partial charge in [0, 0.05) is 5.69 Å². The number of para-hydroxylation sites is 1. The Kier molecular flexibility index (Phi) is 2.83. The first-order chi connectivity index (χ1) is 7.25. The van der Waals surface area contributed by atoms with Crippen LogP contribution < -0.4 is 5.32 Å². The first kappa shape index (κ1) is 9.93. The van der Waals surface area contributed by atoms with E-state index in [4.69, 9.17) is 0 Å². The van der Waals surface area contributed by atoms with Gasteiger partial charge in [0.15, 0.2) is 0 Å². The molecule has 1 amide bonds. The van der Waals surface area contributed by atoms with Crippen molar-refractivity contribution in [2.24, 2.45) is 0 Å². The molecule has 0 atom stereocenters. The van der Waals surface area contributed by atoms with Crippen molar-refractivity contribution < 1.29 is 4.79 Å². The summed E-state index contributed by atoms with van der Waals surface area (Å²) in [6, 6.07) is 11.4. The summed E-state index contributed by atoms with van der Waals surface area (Å²) >= 11 is 1.46. The minimum absolute atomic E-state index is 0.0423. The van der Waals surface area contributed by atoms with E-state index in [2.05, 4.69) is 5.32 Å². The lowest BCUT2D eigenvalue weighted by Crippen LogP contribution is -2.09. The molecule has 1 aromatic carbocycles. The van der Waals surface area contributed by atoms with Crippen LogP contribution in [0, 0.1) is 6.92 Å². The molecule has 2 rings (SSSR count). The zero-order valence-electron chi connectivity index (χ0n) is 8.36. The highest BCUT2D eigenvalue weighted by atomic mass is 32.1. The summed E-state index contributed by atoms with van der Waals surface area (Å²) in [7, 11) is 0. The molecule has 0 aliphatic rings. The molecule has 0 saturated heterocycles. The third-order valence-corrected chi connectivity index (χ3v) is 3.03. The molecule has 0 bridgehead atoms. The fourth-order valence-electron chi connectivity index (χ4n) is 1.26. The Balaban J connectivity index is 2.11. The second-order valence-corrected chi connectivity index (χ2v) is 4.22. The van der Waals surface area contributed by atoms with E-state index in [0.717, 1.165) is 16.1 Å². The van der Waals surface area contributed by atoms with Gasteiger partial charge in [0.05, 0.1) is 4.88 Å². The number of carbonyl (C=O) groups is 1. The molecule has 0 aliphatic carbocycles. The van der Waals surface area contributed by atoms with Crippen LogP contribution in [0.2, 0.25) is 0 Å². The van der Waals surface area contributed by atoms with E-state index in [1.165, 1.54) is 11.3 Å². The Morgan fingerprint density at radius 2 is 2.00 bits per heavy atom. The molecule has 0 saturated carbocycles. The minimum atomic E-state index is -0.0423. The summed E-state index contributed by atoms with van der Waals surface area (Å²) in [5.41, 5.74) is 1.95. The van der Waals surface area contributed by atoms with Gasteiger partial charge < -0.3 is 5.32 Å². The van der Waals surface area contributed by atoms with E-state index in [1.807, 2.05) is 48.7 Å². The maximum atomic E-state index is 11.7. The first-order valence-electron chi connectivity index (χ1n) is 4.67. The molecule has 1 aromatic heterocycles. The van der Waals surface area contributed by atoms with Gasteiger partial charge in [-0.25, -0.2) is 0 Å². The van der Waals surface area contributed by atoms with Gasteiger partial charge in [0.25, 0.3) is 5.91 Å². The van der Waals surface area contributed by atoms with Crippen molar-refractivity contribution >= 4 is 22.9 Å². The van der Waals surface area contributed by atoms with Gasteiger partial charge in [-0.2, -0.15) is 0 Å². The molecule has 15 heavy (non-hydrogen) atoms. The van der Waals surface area contributed by atoms with Gasteiger partial charge in [-0.1, -0.05) is 18.2 Å². The monoisotopic (exact) mass is 217 g/mol. The van der Waals surface area contributed by atoms with Gasteiger partial charge in [0.2, 0.25) is 0 Å². The summed E-state index contributed by atoms with van der Waals surface area (Å²) in [5.74, 6) is -0.0423.